The van der Waals surface area contributed by atoms with Gasteiger partial charge in [-0.15, -0.1) is 11.3 Å². The summed E-state index contributed by atoms with van der Waals surface area (Å²) in [6.07, 6.45) is 2.70. The topological polar surface area (TPSA) is 78.8 Å². The van der Waals surface area contributed by atoms with Gasteiger partial charge in [-0.05, 0) is 6.92 Å². The highest BCUT2D eigenvalue weighted by atomic mass is 32.1. The lowest BCUT2D eigenvalue weighted by Crippen LogP contribution is -2.40. The second-order valence-corrected chi connectivity index (χ2v) is 6.23. The molecule has 0 saturated carbocycles. The van der Waals surface area contributed by atoms with Gasteiger partial charge in [-0.1, -0.05) is 0 Å². The number of nitrogens with one attached hydrogen (secondary N) is 2. The Hall–Kier alpha value is -1.67. The van der Waals surface area contributed by atoms with Crippen LogP contribution in [0, 0.1) is 6.92 Å². The maximum Gasteiger partial charge on any atom is 0.243 e. The number of methoxy groups -OCH3 is 1. The molecule has 1 rings (SSSR count). The Morgan fingerprint density at radius 2 is 2.14 bits per heavy atom. The van der Waals surface area contributed by atoms with Gasteiger partial charge in [-0.3, -0.25) is 4.79 Å². The van der Waals surface area contributed by atoms with Crippen LogP contribution in [-0.2, 0) is 16.0 Å². The van der Waals surface area contributed by atoms with Crippen LogP contribution in [0.4, 0.5) is 0 Å². The first-order valence-electron chi connectivity index (χ1n) is 7.15. The van der Waals surface area contributed by atoms with Crippen LogP contribution in [0.2, 0.25) is 0 Å². The van der Waals surface area contributed by atoms with Crippen LogP contribution in [0.3, 0.4) is 0 Å². The Morgan fingerprint density at radius 3 is 2.73 bits per heavy atom. The first-order chi connectivity index (χ1) is 10.5. The maximum atomic E-state index is 11.6. The van der Waals surface area contributed by atoms with Crippen LogP contribution in [0.15, 0.2) is 11.2 Å². The van der Waals surface area contributed by atoms with Gasteiger partial charge < -0.3 is 20.3 Å². The molecule has 0 aliphatic rings. The van der Waals surface area contributed by atoms with Crippen LogP contribution in [0.1, 0.15) is 9.88 Å². The van der Waals surface area contributed by atoms with Crippen molar-refractivity contribution in [1.82, 2.24) is 20.5 Å². The fourth-order valence-corrected chi connectivity index (χ4v) is 2.33. The molecule has 1 heterocycles. The third kappa shape index (κ3) is 7.37. The lowest BCUT2D eigenvalue weighted by atomic mass is 10.4. The van der Waals surface area contributed by atoms with Gasteiger partial charge in [0.15, 0.2) is 5.96 Å². The third-order valence-electron chi connectivity index (χ3n) is 2.77. The molecule has 0 unspecified atom stereocenters. The van der Waals surface area contributed by atoms with Crippen molar-refractivity contribution in [2.24, 2.45) is 4.99 Å². The van der Waals surface area contributed by atoms with Gasteiger partial charge in [0.05, 0.1) is 11.6 Å². The number of aryl methyl sites for hydroxylation is 1. The number of hydrogen-bond acceptors (Lipinski definition) is 5. The quantitative estimate of drug-likeness (QED) is 0.407. The molecule has 124 valence electrons. The zero-order chi connectivity index (χ0) is 16.4. The van der Waals surface area contributed by atoms with E-state index in [4.69, 9.17) is 4.74 Å². The Bertz CT molecular complexity index is 487. The van der Waals surface area contributed by atoms with Crippen molar-refractivity contribution in [3.63, 3.8) is 0 Å². The number of nitrogens with zero attached hydrogens (tertiary/aromatic N) is 3. The van der Waals surface area contributed by atoms with Crippen molar-refractivity contribution in [3.8, 4) is 0 Å². The van der Waals surface area contributed by atoms with Gasteiger partial charge in [0.1, 0.15) is 6.54 Å². The van der Waals surface area contributed by atoms with Gasteiger partial charge >= 0.3 is 0 Å². The summed E-state index contributed by atoms with van der Waals surface area (Å²) in [4.78, 5) is 22.9. The summed E-state index contributed by atoms with van der Waals surface area (Å²) in [5.41, 5.74) is 0. The molecule has 1 amide bonds. The number of aromatic nitrogens is 1. The number of ether oxygens (including phenoxy) is 1. The molecule has 2 N–H and O–H groups in total. The minimum atomic E-state index is -0.0385. The van der Waals surface area contributed by atoms with E-state index in [9.17, 15) is 4.79 Å². The Balaban J connectivity index is 2.45. The molecule has 0 aliphatic heterocycles. The number of likely N-dealkylation sites (N-methyl/N-ethyl adjacent to an activating group) is 1. The molecule has 0 fully saturated rings. The molecule has 0 spiro atoms. The van der Waals surface area contributed by atoms with Crippen molar-refractivity contribution in [3.05, 3.63) is 16.1 Å². The van der Waals surface area contributed by atoms with Crippen LogP contribution >= 0.6 is 11.3 Å². The second-order valence-electron chi connectivity index (χ2n) is 4.91. The number of thiazole rings is 1. The molecule has 0 radical (unpaired) electrons. The van der Waals surface area contributed by atoms with Crippen molar-refractivity contribution >= 4 is 23.2 Å². The maximum absolute atomic E-state index is 11.6. The number of carbonyl (C=O) groups is 1. The highest BCUT2D eigenvalue weighted by Gasteiger charge is 2.05. The summed E-state index contributed by atoms with van der Waals surface area (Å²) in [5, 5.41) is 7.43. The van der Waals surface area contributed by atoms with Crippen LogP contribution in [0.25, 0.3) is 0 Å². The summed E-state index contributed by atoms with van der Waals surface area (Å²) in [7, 11) is 5.08. The molecule has 0 atom stereocenters. The molecule has 22 heavy (non-hydrogen) atoms. The van der Waals surface area contributed by atoms with E-state index in [-0.39, 0.29) is 12.5 Å². The molecule has 0 aromatic carbocycles. The number of carbonyl (C=O) groups excluding carboxylic acids is 1. The number of aliphatic imine (C=N–C) groups is 1. The summed E-state index contributed by atoms with van der Waals surface area (Å²) < 4.78 is 5.00. The van der Waals surface area contributed by atoms with E-state index in [2.05, 4.69) is 20.6 Å². The fourth-order valence-electron chi connectivity index (χ4n) is 1.54. The van der Waals surface area contributed by atoms with Gasteiger partial charge in [0.25, 0.3) is 0 Å². The van der Waals surface area contributed by atoms with Gasteiger partial charge in [0, 0.05) is 51.8 Å². The summed E-state index contributed by atoms with van der Waals surface area (Å²) >= 11 is 1.69. The zero-order valence-corrected chi connectivity index (χ0v) is 14.5. The molecule has 1 aromatic heterocycles. The third-order valence-corrected chi connectivity index (χ3v) is 3.74. The molecular weight excluding hydrogens is 302 g/mol. The van der Waals surface area contributed by atoms with Crippen LogP contribution in [0.5, 0.6) is 0 Å². The lowest BCUT2D eigenvalue weighted by Gasteiger charge is -2.13. The highest BCUT2D eigenvalue weighted by molar-refractivity contribution is 7.11. The number of hydrogen-bond donors (Lipinski definition) is 2. The molecule has 1 aromatic rings. The minimum Gasteiger partial charge on any atom is -0.383 e. The van der Waals surface area contributed by atoms with Crippen molar-refractivity contribution in [1.29, 1.82) is 0 Å². The van der Waals surface area contributed by atoms with E-state index in [0.717, 1.165) is 11.4 Å². The predicted octanol–water partition coefficient (Wildman–Crippen LogP) is 0.264. The lowest BCUT2D eigenvalue weighted by molar-refractivity contribution is -0.127. The zero-order valence-electron chi connectivity index (χ0n) is 13.7. The Labute approximate surface area is 135 Å². The van der Waals surface area contributed by atoms with Gasteiger partial charge in [-0.25, -0.2) is 9.98 Å². The monoisotopic (exact) mass is 327 g/mol. The first kappa shape index (κ1) is 18.4. The highest BCUT2D eigenvalue weighted by Crippen LogP contribution is 2.10. The molecule has 0 bridgehead atoms. The Morgan fingerprint density at radius 1 is 1.41 bits per heavy atom. The molecule has 7 nitrogen and oxygen atoms in total. The number of guanidine groups is 1. The molecule has 0 saturated heterocycles. The molecule has 8 heteroatoms. The van der Waals surface area contributed by atoms with Crippen molar-refractivity contribution in [2.75, 3.05) is 47.4 Å². The predicted molar refractivity (Wildman–Crippen MR) is 89.4 cm³/mol. The molecular formula is C14H25N5O2S. The largest absolute Gasteiger partial charge is 0.383 e. The molecule has 0 aliphatic carbocycles. The van der Waals surface area contributed by atoms with Gasteiger partial charge in [0.2, 0.25) is 5.91 Å². The smallest absolute Gasteiger partial charge is 0.243 e. The van der Waals surface area contributed by atoms with Crippen molar-refractivity contribution in [2.45, 2.75) is 13.3 Å². The normalized spacial score (nSPS) is 11.4. The average Bonchev–Trinajstić information content (AvgIpc) is 2.89. The number of rotatable bonds is 8. The first-order valence-corrected chi connectivity index (χ1v) is 7.97. The second kappa shape index (κ2) is 10.1. The Kier molecular flexibility index (Phi) is 8.46. The van der Waals surface area contributed by atoms with Crippen LogP contribution < -0.4 is 10.6 Å². The van der Waals surface area contributed by atoms with Gasteiger partial charge in [-0.2, -0.15) is 0 Å². The van der Waals surface area contributed by atoms with Crippen LogP contribution in [-0.4, -0.2) is 69.2 Å². The average molecular weight is 327 g/mol. The SMILES string of the molecule is COCCNC(=NCC(=O)N(C)C)NCCc1ncc(C)s1. The fraction of sp³-hybridized carbons (Fsp3) is 0.643. The minimum absolute atomic E-state index is 0.0385. The van der Waals surface area contributed by atoms with E-state index in [0.29, 0.717) is 25.7 Å². The standard InChI is InChI=1S/C14H25N5O2S/c1-11-9-17-12(22-11)5-6-15-14(16-7-8-21-4)18-10-13(20)19(2)3/h9H,5-8,10H2,1-4H3,(H2,15,16,18). The van der Waals surface area contributed by atoms with E-state index in [1.165, 1.54) is 9.78 Å². The van der Waals surface area contributed by atoms with E-state index in [1.807, 2.05) is 13.1 Å². The van der Waals surface area contributed by atoms with E-state index in [1.54, 1.807) is 32.5 Å². The number of amides is 1. The summed E-state index contributed by atoms with van der Waals surface area (Å²) in [5.74, 6) is 0.573. The summed E-state index contributed by atoms with van der Waals surface area (Å²) in [6, 6.07) is 0. The van der Waals surface area contributed by atoms with Crippen molar-refractivity contribution < 1.29 is 9.53 Å². The van der Waals surface area contributed by atoms with E-state index < -0.39 is 0 Å². The summed E-state index contributed by atoms with van der Waals surface area (Å²) in [6.45, 7) is 4.08. The van der Waals surface area contributed by atoms with E-state index >= 15 is 0 Å².